The predicted molar refractivity (Wildman–Crippen MR) is 534 cm³/mol. The molecule has 4 unspecified atom stereocenters. The number of hydrogen-bond donors (Lipinski definition) is 4. The standard InChI is InChI=1S/C28H31F3N2O5S.C27H31F3N4O5S.C26H32N2O4S.C26H32N2O2/c1-4-32(5-2)25(34)20-9-7-19(8-10-20)23-18-27(13-6-15-33(16-14-27)26(35)28(29,30)31)38-24-12-11-21(17-22(23)24)39(3,36)37;1-3-33(4-2)24(35)19-8-6-18(7-9-19)22-17-26(12-5-14-34(15-13-26)25(36)27(28,29)30)39-23-11-10-20(16-21(22)23)40(37,38)32-31;1-4-28(5-2)25(29)20-9-7-19(8-10-20)23-18-26(13-6-15-27-16-14-26)32-24-12-11-21(17-22(23)24)33(3,30)31;1-4-28(5-2)25(29)21-10-8-20(9-11-21)23-18-26(13-6-15-27-16-14-26)30-24-12-7-19(3)17-22(23)24/h7-12,17-18H,4-6,13-16H2,1-3H3;6-11,16-17,32H,3-5,12-15,31H2,1-2H3;7-12,17-18,27H,4-6,13-16H2,1-3H3;7-12,17-18,27H,4-6,13-16H2,1-3H3. The number of benzene rings is 8. The number of ether oxygens (including phenoxy) is 4. The van der Waals surface area contributed by atoms with Crippen LogP contribution in [-0.4, -0.2) is 242 Å². The van der Waals surface area contributed by atoms with E-state index in [2.05, 4.69) is 60.0 Å². The summed E-state index contributed by atoms with van der Waals surface area (Å²) < 4.78 is 178. The summed E-state index contributed by atoms with van der Waals surface area (Å²) in [5.41, 5.74) is 10.6. The van der Waals surface area contributed by atoms with E-state index < -0.39 is 70.7 Å². The molecule has 0 bridgehead atoms. The van der Waals surface area contributed by atoms with Crippen molar-refractivity contribution in [2.45, 2.75) is 189 Å². The van der Waals surface area contributed by atoms with Crippen LogP contribution in [0, 0.1) is 6.92 Å². The van der Waals surface area contributed by atoms with Gasteiger partial charge in [-0.25, -0.2) is 25.3 Å². The van der Waals surface area contributed by atoms with Crippen LogP contribution in [0.15, 0.2) is 209 Å². The molecule has 8 heterocycles. The topological polar surface area (TPSA) is 323 Å². The van der Waals surface area contributed by atoms with Gasteiger partial charge in [0.1, 0.15) is 45.4 Å². The molecule has 8 aliphatic rings. The number of carbonyl (C=O) groups is 6. The second-order valence-corrected chi connectivity index (χ2v) is 42.5. The molecule has 0 radical (unpaired) electrons. The van der Waals surface area contributed by atoms with Crippen molar-refractivity contribution >= 4 is 87.4 Å². The molecule has 760 valence electrons. The van der Waals surface area contributed by atoms with E-state index in [4.69, 9.17) is 24.8 Å². The van der Waals surface area contributed by atoms with Gasteiger partial charge in [0.05, 0.1) is 14.7 Å². The Morgan fingerprint density at radius 2 is 0.613 bits per heavy atom. The highest BCUT2D eigenvalue weighted by Crippen LogP contribution is 2.50. The minimum atomic E-state index is -4.97. The van der Waals surface area contributed by atoms with Crippen molar-refractivity contribution in [1.82, 2.24) is 44.9 Å². The fraction of sp³-hybridized carbons (Fsp3) is 0.421. The lowest BCUT2D eigenvalue weighted by Gasteiger charge is -2.37. The highest BCUT2D eigenvalue weighted by molar-refractivity contribution is 7.91. The van der Waals surface area contributed by atoms with Crippen LogP contribution in [0.25, 0.3) is 22.3 Å². The van der Waals surface area contributed by atoms with Crippen LogP contribution >= 0.6 is 0 Å². The quantitative estimate of drug-likeness (QED) is 0.0313. The van der Waals surface area contributed by atoms with E-state index in [0.717, 1.165) is 133 Å². The smallest absolute Gasteiger partial charge is 0.471 e. The second-order valence-electron chi connectivity index (χ2n) is 36.8. The largest absolute Gasteiger partial charge is 0.482 e. The molecule has 0 aromatic heterocycles. The van der Waals surface area contributed by atoms with E-state index in [9.17, 15) is 80.4 Å². The van der Waals surface area contributed by atoms with Gasteiger partial charge in [0.25, 0.3) is 33.7 Å². The van der Waals surface area contributed by atoms with Gasteiger partial charge in [-0.2, -0.15) is 31.2 Å². The Labute approximate surface area is 828 Å². The van der Waals surface area contributed by atoms with Crippen LogP contribution in [0.5, 0.6) is 23.0 Å². The average Bonchev–Trinajstić information content (AvgIpc) is 1.51. The highest BCUT2D eigenvalue weighted by atomic mass is 32.2. The molecule has 0 saturated carbocycles. The number of rotatable bonds is 20. The van der Waals surface area contributed by atoms with Crippen LogP contribution in [0.4, 0.5) is 26.3 Å². The highest BCUT2D eigenvalue weighted by Gasteiger charge is 2.49. The number of sulfone groups is 2. The third kappa shape index (κ3) is 24.7. The normalized spacial score (nSPS) is 19.9. The lowest BCUT2D eigenvalue weighted by Crippen LogP contribution is -2.43. The van der Waals surface area contributed by atoms with Crippen molar-refractivity contribution < 1.29 is 99.3 Å². The van der Waals surface area contributed by atoms with Gasteiger partial charge in [-0.15, -0.1) is 0 Å². The summed E-state index contributed by atoms with van der Waals surface area (Å²) in [7, 11) is -10.9. The van der Waals surface area contributed by atoms with Gasteiger partial charge >= 0.3 is 24.2 Å². The Morgan fingerprint density at radius 3 is 0.887 bits per heavy atom. The molecule has 6 amide bonds. The first-order valence-electron chi connectivity index (χ1n) is 48.5. The molecule has 0 aliphatic carbocycles. The number of halogens is 6. The predicted octanol–water partition coefficient (Wildman–Crippen LogP) is 16.9. The molecular weight excluding hydrogens is 1890 g/mol. The van der Waals surface area contributed by atoms with Gasteiger partial charge < -0.3 is 59.0 Å². The number of hydrazine groups is 1. The minimum absolute atomic E-state index is 0.0126. The lowest BCUT2D eigenvalue weighted by molar-refractivity contribution is -0.185. The summed E-state index contributed by atoms with van der Waals surface area (Å²) in [6.07, 6.45) is 7.77. The number of nitrogens with two attached hydrogens (primary N) is 1. The molecule has 4 atom stereocenters. The maximum Gasteiger partial charge on any atom is 0.471 e. The van der Waals surface area contributed by atoms with Gasteiger partial charge in [0.2, 0.25) is 0 Å². The number of nitrogens with zero attached hydrogens (tertiary/aromatic N) is 6. The van der Waals surface area contributed by atoms with Gasteiger partial charge in [-0.1, -0.05) is 60.2 Å². The number of carbonyl (C=O) groups excluding carboxylic acids is 6. The number of sulfonamides is 1. The molecule has 8 aromatic rings. The van der Waals surface area contributed by atoms with Gasteiger partial charge in [0, 0.05) is 161 Å². The van der Waals surface area contributed by atoms with Crippen molar-refractivity contribution in [3.8, 4) is 23.0 Å². The van der Waals surface area contributed by atoms with Gasteiger partial charge in [-0.05, 0) is 324 Å². The molecule has 4 saturated heterocycles. The number of alkyl halides is 6. The van der Waals surface area contributed by atoms with Crippen LogP contribution in [0.2, 0.25) is 0 Å². The molecular formula is C107H126F6N10O16S3. The molecule has 4 fully saturated rings. The minimum Gasteiger partial charge on any atom is -0.482 e. The van der Waals surface area contributed by atoms with Crippen molar-refractivity contribution in [2.75, 3.05) is 117 Å². The van der Waals surface area contributed by atoms with Gasteiger partial charge in [-0.3, -0.25) is 34.6 Å². The number of hydrogen-bond acceptors (Lipinski definition) is 19. The molecule has 35 heteroatoms. The van der Waals surface area contributed by atoms with E-state index in [-0.39, 0.29) is 89.4 Å². The summed E-state index contributed by atoms with van der Waals surface area (Å²) in [5.74, 6) is 3.73. The zero-order chi connectivity index (χ0) is 103. The molecule has 4 spiro atoms. The summed E-state index contributed by atoms with van der Waals surface area (Å²) in [6, 6.07) is 49.8. The first kappa shape index (κ1) is 107. The SMILES string of the molecule is CCN(CC)C(=O)c1ccc(C2=CC3(CCCN(C(=O)C(F)(F)F)CC3)Oc3ccc(S(=O)(=O)NN)cc32)cc1.CCN(CC)C(=O)c1ccc(C2=CC3(CCCN(C(=O)C(F)(F)F)CC3)Oc3ccc(S(C)(=O)=O)cc32)cc1.CCN(CC)C(=O)c1ccc(C2=CC3(CCCNCC3)Oc3ccc(C)cc32)cc1.CCN(CC)C(=O)c1ccc(C2=CC3(CCCNCC3)Oc3ccc(S(C)(=O)=O)cc32)cc1. The van der Waals surface area contributed by atoms with E-state index in [0.29, 0.717) is 126 Å². The van der Waals surface area contributed by atoms with E-state index in [1.165, 1.54) is 47.7 Å². The van der Waals surface area contributed by atoms with Crippen LogP contribution < -0.4 is 40.3 Å². The monoisotopic (exact) mass is 2020 g/mol. The van der Waals surface area contributed by atoms with E-state index >= 15 is 0 Å². The molecule has 142 heavy (non-hydrogen) atoms. The first-order valence-corrected chi connectivity index (χ1v) is 53.8. The Morgan fingerprint density at radius 1 is 0.352 bits per heavy atom. The summed E-state index contributed by atoms with van der Waals surface area (Å²) in [6.45, 7) is 26.1. The average molecular weight is 2020 g/mol. The molecule has 16 rings (SSSR count). The Kier molecular flexibility index (Phi) is 33.9. The summed E-state index contributed by atoms with van der Waals surface area (Å²) >= 11 is 0. The summed E-state index contributed by atoms with van der Waals surface area (Å²) in [5, 5.41) is 6.93. The van der Waals surface area contributed by atoms with Crippen molar-refractivity contribution in [3.05, 3.63) is 266 Å². The van der Waals surface area contributed by atoms with Crippen molar-refractivity contribution in [1.29, 1.82) is 0 Å². The van der Waals surface area contributed by atoms with Crippen LogP contribution in [0.1, 0.15) is 224 Å². The number of amides is 6. The fourth-order valence-electron chi connectivity index (χ4n) is 19.5. The van der Waals surface area contributed by atoms with Crippen molar-refractivity contribution in [2.24, 2.45) is 5.84 Å². The molecule has 8 aliphatic heterocycles. The first-order chi connectivity index (χ1) is 67.4. The Hall–Kier alpha value is -12.0. The van der Waals surface area contributed by atoms with Crippen LogP contribution in [0.3, 0.4) is 0 Å². The zero-order valence-corrected chi connectivity index (χ0v) is 84.5. The third-order valence-corrected chi connectivity index (χ3v) is 30.8. The third-order valence-electron chi connectivity index (χ3n) is 27.4. The van der Waals surface area contributed by atoms with Crippen LogP contribution in [-0.2, 0) is 39.3 Å². The number of likely N-dealkylation sites (tertiary alicyclic amines) is 2. The maximum absolute atomic E-state index is 13.1. The Bertz CT molecular complexity index is 6460. The number of fused-ring (bicyclic) bond motifs is 4. The second kappa shape index (κ2) is 44.9. The molecule has 5 N–H and O–H groups in total. The Balaban J connectivity index is 0.000000160. The molecule has 8 aromatic carbocycles. The zero-order valence-electron chi connectivity index (χ0n) is 82.1. The summed E-state index contributed by atoms with van der Waals surface area (Å²) in [4.78, 5) is 85.5. The van der Waals surface area contributed by atoms with Crippen molar-refractivity contribution in [3.63, 3.8) is 0 Å². The lowest BCUT2D eigenvalue weighted by atomic mass is 9.84. The maximum atomic E-state index is 13.1. The number of aryl methyl sites for hydroxylation is 1. The number of nitrogens with one attached hydrogen (secondary N) is 3. The van der Waals surface area contributed by atoms with E-state index in [1.807, 2.05) is 103 Å². The van der Waals surface area contributed by atoms with E-state index in [1.54, 1.807) is 98.4 Å². The fourth-order valence-corrected chi connectivity index (χ4v) is 21.4. The van der Waals surface area contributed by atoms with Gasteiger partial charge in [0.15, 0.2) is 19.7 Å². The molecule has 26 nitrogen and oxygen atoms in total.